The number of piperidine rings is 2. The first-order valence-electron chi connectivity index (χ1n) is 9.85. The third kappa shape index (κ3) is 2.14. The summed E-state index contributed by atoms with van der Waals surface area (Å²) in [5.41, 5.74) is 3.49. The lowest BCUT2D eigenvalue weighted by Crippen LogP contribution is -2.65. The lowest BCUT2D eigenvalue weighted by atomic mass is 9.56. The lowest BCUT2D eigenvalue weighted by Gasteiger charge is -2.59. The molecule has 3 aliphatic heterocycles. The smallest absolute Gasteiger partial charge is 0.119 e. The average molecular weight is 356 g/mol. The lowest BCUT2D eigenvalue weighted by molar-refractivity contribution is -0.0815. The van der Waals surface area contributed by atoms with Crippen LogP contribution in [0, 0.1) is 11.8 Å². The van der Waals surface area contributed by atoms with Gasteiger partial charge in [0.05, 0.1) is 13.7 Å². The van der Waals surface area contributed by atoms with Crippen molar-refractivity contribution in [3.63, 3.8) is 0 Å². The van der Waals surface area contributed by atoms with Crippen molar-refractivity contribution in [1.82, 2.24) is 9.88 Å². The molecule has 1 saturated carbocycles. The maximum atomic E-state index is 10.7. The Morgan fingerprint density at radius 3 is 3.00 bits per heavy atom. The number of nitrogens with one attached hydrogen (secondary N) is 1. The number of rotatable bonds is 4. The molecule has 4 heterocycles. The van der Waals surface area contributed by atoms with Crippen LogP contribution in [0.2, 0.25) is 0 Å². The number of methoxy groups -OCH3 is 1. The van der Waals surface area contributed by atoms with Crippen LogP contribution in [0.1, 0.15) is 30.5 Å². The molecule has 1 aromatic carbocycles. The molecule has 6 rings (SSSR count). The second-order valence-electron chi connectivity index (χ2n) is 8.47. The Balaban J connectivity index is 1.71. The predicted molar refractivity (Wildman–Crippen MR) is 101 cm³/mol. The van der Waals surface area contributed by atoms with Crippen molar-refractivity contribution in [2.24, 2.45) is 11.8 Å². The minimum absolute atomic E-state index is 0.170. The number of hydrogen-bond acceptors (Lipinski definition) is 4. The number of benzene rings is 1. The van der Waals surface area contributed by atoms with Crippen molar-refractivity contribution in [1.29, 1.82) is 0 Å². The summed E-state index contributed by atoms with van der Waals surface area (Å²) in [6.45, 7) is 2.57. The zero-order valence-electron chi connectivity index (χ0n) is 15.4. The van der Waals surface area contributed by atoms with E-state index in [4.69, 9.17) is 4.74 Å². The summed E-state index contributed by atoms with van der Waals surface area (Å²) in [5, 5.41) is 21.5. The fraction of sp³-hybridized carbons (Fsp3) is 0.619. The van der Waals surface area contributed by atoms with Crippen molar-refractivity contribution >= 4 is 10.9 Å². The summed E-state index contributed by atoms with van der Waals surface area (Å²) in [6, 6.07) is 6.54. The normalized spacial score (nSPS) is 35.3. The molecule has 0 spiro atoms. The summed E-state index contributed by atoms with van der Waals surface area (Å²) < 4.78 is 5.45. The standard InChI is InChI=1S/C21H28N2O3/c1-26-15-2-3-18-17(9-15)16-4-6-23-11-13-8-14(5-7-24)20(23)21(10-13,12-25)19(16)22-18/h2-3,9,13-14,20,22,24-25H,4-8,10-12H2,1H3/t13-,14+,20+,21-/m1/s1. The van der Waals surface area contributed by atoms with Crippen LogP contribution in [0.3, 0.4) is 0 Å². The second-order valence-corrected chi connectivity index (χ2v) is 8.47. The number of aliphatic hydroxyl groups is 2. The van der Waals surface area contributed by atoms with Gasteiger partial charge in [0.1, 0.15) is 5.75 Å². The number of nitrogens with zero attached hydrogens (tertiary/aromatic N) is 1. The Kier molecular flexibility index (Phi) is 3.82. The van der Waals surface area contributed by atoms with E-state index >= 15 is 0 Å². The third-order valence-corrected chi connectivity index (χ3v) is 7.23. The van der Waals surface area contributed by atoms with Gasteiger partial charge in [-0.25, -0.2) is 0 Å². The quantitative estimate of drug-likeness (QED) is 0.784. The van der Waals surface area contributed by atoms with E-state index in [-0.39, 0.29) is 18.6 Å². The largest absolute Gasteiger partial charge is 0.497 e. The number of hydrogen-bond donors (Lipinski definition) is 3. The second kappa shape index (κ2) is 5.98. The SMILES string of the molecule is COc1ccc2[nH]c3c(c2c1)CCN1C[C@@H]2C[C@H](CCO)[C@H]1[C@@]3(CO)C2. The highest BCUT2D eigenvalue weighted by Crippen LogP contribution is 2.54. The minimum Gasteiger partial charge on any atom is -0.497 e. The molecule has 0 amide bonds. The monoisotopic (exact) mass is 356 g/mol. The van der Waals surface area contributed by atoms with E-state index in [1.54, 1.807) is 7.11 Å². The van der Waals surface area contributed by atoms with E-state index in [0.717, 1.165) is 43.6 Å². The van der Waals surface area contributed by atoms with Crippen molar-refractivity contribution in [3.05, 3.63) is 29.5 Å². The van der Waals surface area contributed by atoms with Crippen LogP contribution in [0.15, 0.2) is 18.2 Å². The molecule has 5 atom stereocenters. The number of H-pyrrole nitrogens is 1. The zero-order chi connectivity index (χ0) is 17.9. The Labute approximate surface area is 154 Å². The topological polar surface area (TPSA) is 68.7 Å². The van der Waals surface area contributed by atoms with E-state index in [0.29, 0.717) is 17.9 Å². The van der Waals surface area contributed by atoms with Crippen molar-refractivity contribution in [3.8, 4) is 5.75 Å². The van der Waals surface area contributed by atoms with Gasteiger partial charge in [0.25, 0.3) is 0 Å². The van der Waals surface area contributed by atoms with Crippen LogP contribution in [0.5, 0.6) is 5.75 Å². The summed E-state index contributed by atoms with van der Waals surface area (Å²) in [4.78, 5) is 6.30. The molecule has 0 radical (unpaired) electrons. The molecule has 5 nitrogen and oxygen atoms in total. The van der Waals surface area contributed by atoms with Gasteiger partial charge in [-0.3, -0.25) is 4.90 Å². The van der Waals surface area contributed by atoms with Crippen molar-refractivity contribution in [2.45, 2.75) is 37.1 Å². The third-order valence-electron chi connectivity index (χ3n) is 7.23. The molecule has 1 aromatic heterocycles. The minimum atomic E-state index is -0.237. The van der Waals surface area contributed by atoms with Gasteiger partial charge in [0, 0.05) is 47.8 Å². The highest BCUT2D eigenvalue weighted by atomic mass is 16.5. The summed E-state index contributed by atoms with van der Waals surface area (Å²) >= 11 is 0. The van der Waals surface area contributed by atoms with Crippen LogP contribution in [-0.4, -0.2) is 59.6 Å². The van der Waals surface area contributed by atoms with Crippen LogP contribution < -0.4 is 4.74 Å². The highest BCUT2D eigenvalue weighted by molar-refractivity contribution is 5.87. The number of fused-ring (bicyclic) bond motifs is 4. The Bertz CT molecular complexity index is 832. The van der Waals surface area contributed by atoms with Gasteiger partial charge in [0.2, 0.25) is 0 Å². The van der Waals surface area contributed by atoms with E-state index in [2.05, 4.69) is 22.0 Å². The summed E-state index contributed by atoms with van der Waals surface area (Å²) in [7, 11) is 1.71. The fourth-order valence-electron chi connectivity index (χ4n) is 6.41. The molecule has 140 valence electrons. The molecular weight excluding hydrogens is 328 g/mol. The first kappa shape index (κ1) is 16.6. The van der Waals surface area contributed by atoms with Crippen LogP contribution in [0.25, 0.3) is 10.9 Å². The van der Waals surface area contributed by atoms with Gasteiger partial charge >= 0.3 is 0 Å². The molecule has 2 saturated heterocycles. The van der Waals surface area contributed by atoms with E-state index in [9.17, 15) is 10.2 Å². The Morgan fingerprint density at radius 2 is 2.23 bits per heavy atom. The molecule has 3 fully saturated rings. The van der Waals surface area contributed by atoms with E-state index < -0.39 is 0 Å². The Hall–Kier alpha value is -1.56. The van der Waals surface area contributed by atoms with E-state index in [1.165, 1.54) is 23.1 Å². The summed E-state index contributed by atoms with van der Waals surface area (Å²) in [5.74, 6) is 1.95. The van der Waals surface area contributed by atoms with Crippen molar-refractivity contribution in [2.75, 3.05) is 33.4 Å². The molecule has 2 aromatic rings. The molecule has 4 bridgehead atoms. The van der Waals surface area contributed by atoms with Crippen LogP contribution >= 0.6 is 0 Å². The molecule has 1 unspecified atom stereocenters. The van der Waals surface area contributed by atoms with Gasteiger partial charge in [-0.15, -0.1) is 0 Å². The summed E-state index contributed by atoms with van der Waals surface area (Å²) in [6.07, 6.45) is 4.07. The average Bonchev–Trinajstić information content (AvgIpc) is 3.00. The molecule has 1 aliphatic carbocycles. The highest BCUT2D eigenvalue weighted by Gasteiger charge is 2.58. The maximum absolute atomic E-state index is 10.7. The van der Waals surface area contributed by atoms with Gasteiger partial charge in [-0.1, -0.05) is 0 Å². The van der Waals surface area contributed by atoms with Gasteiger partial charge in [0.15, 0.2) is 0 Å². The van der Waals surface area contributed by atoms with Crippen molar-refractivity contribution < 1.29 is 14.9 Å². The number of aromatic amines is 1. The van der Waals surface area contributed by atoms with E-state index in [1.807, 2.05) is 6.07 Å². The molecule has 3 N–H and O–H groups in total. The first-order chi connectivity index (χ1) is 12.7. The Morgan fingerprint density at radius 1 is 1.35 bits per heavy atom. The molecule has 5 heteroatoms. The number of aliphatic hydroxyl groups excluding tert-OH is 2. The van der Waals surface area contributed by atoms with Crippen LogP contribution in [-0.2, 0) is 11.8 Å². The van der Waals surface area contributed by atoms with Gasteiger partial charge in [-0.2, -0.15) is 0 Å². The number of aromatic nitrogens is 1. The fourth-order valence-corrected chi connectivity index (χ4v) is 6.41. The number of ether oxygens (including phenoxy) is 1. The van der Waals surface area contributed by atoms with Crippen LogP contribution in [0.4, 0.5) is 0 Å². The predicted octanol–water partition coefficient (Wildman–Crippen LogP) is 2.06. The molecular formula is C21H28N2O3. The molecule has 26 heavy (non-hydrogen) atoms. The van der Waals surface area contributed by atoms with Gasteiger partial charge in [-0.05, 0) is 61.3 Å². The first-order valence-corrected chi connectivity index (χ1v) is 9.85. The molecule has 4 aliphatic rings. The maximum Gasteiger partial charge on any atom is 0.119 e. The zero-order valence-corrected chi connectivity index (χ0v) is 15.4. The van der Waals surface area contributed by atoms with Gasteiger partial charge < -0.3 is 19.9 Å².